The van der Waals surface area contributed by atoms with Gasteiger partial charge in [-0.05, 0) is 36.4 Å². The van der Waals surface area contributed by atoms with Gasteiger partial charge in [0, 0.05) is 11.1 Å². The maximum atomic E-state index is 12.5. The molecule has 0 radical (unpaired) electrons. The zero-order chi connectivity index (χ0) is 16.4. The monoisotopic (exact) mass is 320 g/mol. The zero-order valence-corrected chi connectivity index (χ0v) is 12.0. The summed E-state index contributed by atoms with van der Waals surface area (Å²) in [7, 11) is 1.56. The first-order chi connectivity index (χ1) is 11.0. The van der Waals surface area contributed by atoms with Crippen molar-refractivity contribution in [3.63, 3.8) is 0 Å². The average Bonchev–Trinajstić information content (AvgIpc) is 3.04. The van der Waals surface area contributed by atoms with E-state index in [-0.39, 0.29) is 11.7 Å². The van der Waals surface area contributed by atoms with E-state index in [0.717, 1.165) is 12.1 Å². The topological polar surface area (TPSA) is 48.2 Å². The minimum atomic E-state index is -4.37. The predicted octanol–water partition coefficient (Wildman–Crippen LogP) is 4.43. The summed E-state index contributed by atoms with van der Waals surface area (Å²) >= 11 is 0. The molecule has 118 valence electrons. The molecule has 7 heteroatoms. The third-order valence-corrected chi connectivity index (χ3v) is 3.23. The van der Waals surface area contributed by atoms with E-state index >= 15 is 0 Å². The molecule has 0 spiro atoms. The van der Waals surface area contributed by atoms with E-state index in [0.29, 0.717) is 16.9 Å². The first-order valence-electron chi connectivity index (χ1n) is 6.63. The van der Waals surface area contributed by atoms with E-state index in [4.69, 9.17) is 9.26 Å². The van der Waals surface area contributed by atoms with Crippen molar-refractivity contribution >= 4 is 0 Å². The van der Waals surface area contributed by atoms with Crippen LogP contribution >= 0.6 is 0 Å². The van der Waals surface area contributed by atoms with E-state index in [1.807, 2.05) is 0 Å². The molecule has 0 saturated carbocycles. The number of hydrogen-bond donors (Lipinski definition) is 0. The van der Waals surface area contributed by atoms with Gasteiger partial charge in [0.15, 0.2) is 0 Å². The third kappa shape index (κ3) is 3.18. The average molecular weight is 320 g/mol. The molecule has 0 atom stereocenters. The van der Waals surface area contributed by atoms with Gasteiger partial charge < -0.3 is 9.26 Å². The van der Waals surface area contributed by atoms with Crippen molar-refractivity contribution in [2.45, 2.75) is 6.18 Å². The molecule has 1 heterocycles. The molecule has 0 aliphatic heterocycles. The molecule has 3 rings (SSSR count). The Morgan fingerprint density at radius 3 is 2.09 bits per heavy atom. The van der Waals surface area contributed by atoms with Gasteiger partial charge in [-0.25, -0.2) is 0 Å². The Kier molecular flexibility index (Phi) is 3.77. The summed E-state index contributed by atoms with van der Waals surface area (Å²) in [6, 6.07) is 11.6. The molecule has 0 N–H and O–H groups in total. The summed E-state index contributed by atoms with van der Waals surface area (Å²) in [6.45, 7) is 0. The molecule has 2 aromatic carbocycles. The number of aromatic nitrogens is 2. The second-order valence-electron chi connectivity index (χ2n) is 4.73. The number of nitrogens with zero attached hydrogens (tertiary/aromatic N) is 2. The van der Waals surface area contributed by atoms with E-state index < -0.39 is 11.7 Å². The molecule has 0 aliphatic rings. The smallest absolute Gasteiger partial charge is 0.416 e. The van der Waals surface area contributed by atoms with Gasteiger partial charge >= 0.3 is 6.18 Å². The molecule has 0 unspecified atom stereocenters. The van der Waals surface area contributed by atoms with Crippen LogP contribution in [-0.4, -0.2) is 17.3 Å². The molecular weight excluding hydrogens is 309 g/mol. The number of alkyl halides is 3. The lowest BCUT2D eigenvalue weighted by Gasteiger charge is -2.05. The van der Waals surface area contributed by atoms with Gasteiger partial charge in [-0.3, -0.25) is 0 Å². The van der Waals surface area contributed by atoms with E-state index in [2.05, 4.69) is 10.1 Å². The normalized spacial score (nSPS) is 11.5. The summed E-state index contributed by atoms with van der Waals surface area (Å²) in [5, 5.41) is 3.80. The van der Waals surface area contributed by atoms with E-state index in [1.54, 1.807) is 31.4 Å². The van der Waals surface area contributed by atoms with Crippen LogP contribution in [0.4, 0.5) is 13.2 Å². The van der Waals surface area contributed by atoms with Crippen molar-refractivity contribution < 1.29 is 22.4 Å². The van der Waals surface area contributed by atoms with Crippen LogP contribution in [0.5, 0.6) is 5.75 Å². The van der Waals surface area contributed by atoms with Crippen molar-refractivity contribution in [3.8, 4) is 28.6 Å². The lowest BCUT2D eigenvalue weighted by atomic mass is 10.1. The van der Waals surface area contributed by atoms with Crippen molar-refractivity contribution in [2.24, 2.45) is 0 Å². The second kappa shape index (κ2) is 5.75. The van der Waals surface area contributed by atoms with Gasteiger partial charge in [0.25, 0.3) is 5.89 Å². The number of halogens is 3. The largest absolute Gasteiger partial charge is 0.497 e. The van der Waals surface area contributed by atoms with Crippen LogP contribution in [0, 0.1) is 0 Å². The van der Waals surface area contributed by atoms with Gasteiger partial charge in [0.2, 0.25) is 5.82 Å². The van der Waals surface area contributed by atoms with Crippen LogP contribution < -0.4 is 4.74 Å². The number of hydrogen-bond acceptors (Lipinski definition) is 4. The quantitative estimate of drug-likeness (QED) is 0.716. The highest BCUT2D eigenvalue weighted by Crippen LogP contribution is 2.31. The maximum Gasteiger partial charge on any atom is 0.416 e. The fourth-order valence-corrected chi connectivity index (χ4v) is 2.00. The van der Waals surface area contributed by atoms with Crippen LogP contribution in [0.2, 0.25) is 0 Å². The lowest BCUT2D eigenvalue weighted by Crippen LogP contribution is -2.04. The highest BCUT2D eigenvalue weighted by atomic mass is 19.4. The first-order valence-corrected chi connectivity index (χ1v) is 6.63. The Morgan fingerprint density at radius 2 is 1.52 bits per heavy atom. The van der Waals surface area contributed by atoms with Crippen LogP contribution in [0.15, 0.2) is 53.1 Å². The highest BCUT2D eigenvalue weighted by molar-refractivity contribution is 5.60. The summed E-state index contributed by atoms with van der Waals surface area (Å²) in [5.74, 6) is 1.20. The van der Waals surface area contributed by atoms with Crippen molar-refractivity contribution in [3.05, 3.63) is 54.1 Å². The van der Waals surface area contributed by atoms with Crippen molar-refractivity contribution in [1.82, 2.24) is 10.1 Å². The van der Waals surface area contributed by atoms with E-state index in [1.165, 1.54) is 12.1 Å². The van der Waals surface area contributed by atoms with Crippen LogP contribution in [-0.2, 0) is 6.18 Å². The van der Waals surface area contributed by atoms with E-state index in [9.17, 15) is 13.2 Å². The SMILES string of the molecule is COc1ccc(-c2nc(-c3ccc(C(F)(F)F)cc3)no2)cc1. The highest BCUT2D eigenvalue weighted by Gasteiger charge is 2.30. The second-order valence-corrected chi connectivity index (χ2v) is 4.73. The Bertz CT molecular complexity index is 793. The maximum absolute atomic E-state index is 12.5. The molecular formula is C16H11F3N2O2. The van der Waals surface area contributed by atoms with Crippen LogP contribution in [0.3, 0.4) is 0 Å². The molecule has 4 nitrogen and oxygen atoms in total. The standard InChI is InChI=1S/C16H11F3N2O2/c1-22-13-8-4-11(5-9-13)15-20-14(21-23-15)10-2-6-12(7-3-10)16(17,18)19/h2-9H,1H3. The molecule has 0 fully saturated rings. The lowest BCUT2D eigenvalue weighted by molar-refractivity contribution is -0.137. The molecule has 0 bridgehead atoms. The van der Waals surface area contributed by atoms with Gasteiger partial charge in [0.1, 0.15) is 5.75 Å². The van der Waals surface area contributed by atoms with Gasteiger partial charge in [-0.1, -0.05) is 17.3 Å². The molecule has 3 aromatic rings. The summed E-state index contributed by atoms with van der Waals surface area (Å²) < 4.78 is 47.9. The number of ether oxygens (including phenoxy) is 1. The third-order valence-electron chi connectivity index (χ3n) is 3.23. The Morgan fingerprint density at radius 1 is 0.913 bits per heavy atom. The zero-order valence-electron chi connectivity index (χ0n) is 12.0. The predicted molar refractivity (Wildman–Crippen MR) is 76.7 cm³/mol. The number of benzene rings is 2. The number of rotatable bonds is 3. The Balaban J connectivity index is 1.86. The summed E-state index contributed by atoms with van der Waals surface area (Å²) in [5.41, 5.74) is 0.415. The fourth-order valence-electron chi connectivity index (χ4n) is 2.00. The minimum Gasteiger partial charge on any atom is -0.497 e. The van der Waals surface area contributed by atoms with Gasteiger partial charge in [-0.15, -0.1) is 0 Å². The fraction of sp³-hybridized carbons (Fsp3) is 0.125. The van der Waals surface area contributed by atoms with Crippen LogP contribution in [0.1, 0.15) is 5.56 Å². The van der Waals surface area contributed by atoms with Gasteiger partial charge in [0.05, 0.1) is 12.7 Å². The van der Waals surface area contributed by atoms with Crippen molar-refractivity contribution in [2.75, 3.05) is 7.11 Å². The molecule has 0 amide bonds. The van der Waals surface area contributed by atoms with Gasteiger partial charge in [-0.2, -0.15) is 18.2 Å². The Hall–Kier alpha value is -2.83. The molecule has 1 aromatic heterocycles. The summed E-state index contributed by atoms with van der Waals surface area (Å²) in [6.07, 6.45) is -4.37. The molecule has 0 saturated heterocycles. The number of methoxy groups -OCH3 is 1. The van der Waals surface area contributed by atoms with Crippen molar-refractivity contribution in [1.29, 1.82) is 0 Å². The molecule has 0 aliphatic carbocycles. The first kappa shape index (κ1) is 15.1. The van der Waals surface area contributed by atoms with Crippen LogP contribution in [0.25, 0.3) is 22.8 Å². The minimum absolute atomic E-state index is 0.226. The summed E-state index contributed by atoms with van der Waals surface area (Å²) in [4.78, 5) is 4.20. The molecule has 23 heavy (non-hydrogen) atoms. The Labute approximate surface area is 129 Å².